The van der Waals surface area contributed by atoms with Crippen LogP contribution in [0.1, 0.15) is 42.2 Å². The van der Waals surface area contributed by atoms with Gasteiger partial charge in [0.15, 0.2) is 5.82 Å². The van der Waals surface area contributed by atoms with Crippen LogP contribution in [0.4, 0.5) is 0 Å². The highest BCUT2D eigenvalue weighted by Gasteiger charge is 2.40. The Kier molecular flexibility index (Phi) is 4.38. The third-order valence-corrected chi connectivity index (χ3v) is 6.66. The zero-order valence-electron chi connectivity index (χ0n) is 15.0. The van der Waals surface area contributed by atoms with E-state index in [1.54, 1.807) is 0 Å². The normalized spacial score (nSPS) is 25.4. The van der Waals surface area contributed by atoms with Gasteiger partial charge in [0.1, 0.15) is 0 Å². The molecule has 0 unspecified atom stereocenters. The molecule has 4 nitrogen and oxygen atoms in total. The van der Waals surface area contributed by atoms with Crippen molar-refractivity contribution in [1.29, 1.82) is 0 Å². The summed E-state index contributed by atoms with van der Waals surface area (Å²) in [7, 11) is 0. The molecule has 0 amide bonds. The molecule has 1 aromatic heterocycles. The molecule has 2 N–H and O–H groups in total. The Balaban J connectivity index is 1.82. The number of nitrogens with one attached hydrogen (secondary N) is 1. The molecule has 4 rings (SSSR count). The van der Waals surface area contributed by atoms with Crippen molar-refractivity contribution in [1.82, 2.24) is 14.9 Å². The van der Waals surface area contributed by atoms with Crippen LogP contribution in [0.5, 0.6) is 0 Å². The number of aryl methyl sites for hydroxylation is 1. The topological polar surface area (TPSA) is 50.1 Å². The third kappa shape index (κ3) is 2.70. The minimum absolute atomic E-state index is 0.104. The average molecular weight is 356 g/mol. The van der Waals surface area contributed by atoms with Crippen LogP contribution >= 0.6 is 11.8 Å². The van der Waals surface area contributed by atoms with Crippen LogP contribution in [-0.2, 0) is 6.54 Å². The van der Waals surface area contributed by atoms with Crippen LogP contribution in [0.25, 0.3) is 5.70 Å². The maximum Gasteiger partial charge on any atom is 0.156 e. The molecule has 0 saturated carbocycles. The van der Waals surface area contributed by atoms with Gasteiger partial charge in [0.05, 0.1) is 28.8 Å². The lowest BCUT2D eigenvalue weighted by Gasteiger charge is -2.41. The molecule has 2 aliphatic rings. The van der Waals surface area contributed by atoms with E-state index in [0.717, 1.165) is 41.5 Å². The molecule has 0 aliphatic carbocycles. The summed E-state index contributed by atoms with van der Waals surface area (Å²) >= 11 is 1.85. The van der Waals surface area contributed by atoms with Gasteiger partial charge in [-0.2, -0.15) is 11.8 Å². The summed E-state index contributed by atoms with van der Waals surface area (Å²) in [5.41, 5.74) is 5.91. The minimum Gasteiger partial charge on any atom is -0.389 e. The Labute approximate surface area is 153 Å². The second kappa shape index (κ2) is 6.54. The number of aromatic nitrogens is 2. The molecule has 0 spiro atoms. The van der Waals surface area contributed by atoms with E-state index in [4.69, 9.17) is 4.98 Å². The lowest BCUT2D eigenvalue weighted by molar-refractivity contribution is 0.132. The van der Waals surface area contributed by atoms with Crippen molar-refractivity contribution < 1.29 is 5.11 Å². The van der Waals surface area contributed by atoms with Crippen LogP contribution in [0.15, 0.2) is 35.9 Å². The summed E-state index contributed by atoms with van der Waals surface area (Å²) in [5, 5.41) is 14.9. The first-order valence-corrected chi connectivity index (χ1v) is 10.0. The molecular weight excluding hydrogens is 330 g/mol. The highest BCUT2D eigenvalue weighted by molar-refractivity contribution is 8.00. The average Bonchev–Trinajstić information content (AvgIpc) is 2.92. The zero-order valence-corrected chi connectivity index (χ0v) is 15.8. The lowest BCUT2D eigenvalue weighted by Crippen LogP contribution is -2.46. The summed E-state index contributed by atoms with van der Waals surface area (Å²) in [5.74, 6) is 2.03. The number of aliphatic hydroxyl groups is 1. The molecule has 25 heavy (non-hydrogen) atoms. The van der Waals surface area contributed by atoms with Gasteiger partial charge in [-0.05, 0) is 37.2 Å². The van der Waals surface area contributed by atoms with Crippen molar-refractivity contribution in [2.24, 2.45) is 0 Å². The molecule has 0 radical (unpaired) electrons. The van der Waals surface area contributed by atoms with Crippen molar-refractivity contribution in [3.05, 3.63) is 58.7 Å². The molecule has 3 atom stereocenters. The van der Waals surface area contributed by atoms with Gasteiger partial charge in [0, 0.05) is 12.2 Å². The monoisotopic (exact) mass is 355 g/mol. The highest BCUT2D eigenvalue weighted by Crippen LogP contribution is 2.42. The Bertz CT molecular complexity index is 812. The predicted octanol–water partition coefficient (Wildman–Crippen LogP) is 3.44. The van der Waals surface area contributed by atoms with Gasteiger partial charge in [0.25, 0.3) is 0 Å². The van der Waals surface area contributed by atoms with Crippen molar-refractivity contribution in [2.75, 3.05) is 5.75 Å². The Morgan fingerprint density at radius 3 is 2.76 bits per heavy atom. The van der Waals surface area contributed by atoms with Gasteiger partial charge in [0.2, 0.25) is 0 Å². The number of rotatable bonds is 3. The number of benzene rings is 1. The van der Waals surface area contributed by atoms with E-state index in [9.17, 15) is 5.11 Å². The van der Waals surface area contributed by atoms with E-state index in [-0.39, 0.29) is 11.3 Å². The summed E-state index contributed by atoms with van der Waals surface area (Å²) in [6, 6.07) is 10.2. The second-order valence-electron chi connectivity index (χ2n) is 6.81. The van der Waals surface area contributed by atoms with Gasteiger partial charge in [-0.1, -0.05) is 37.3 Å². The van der Waals surface area contributed by atoms with Crippen molar-refractivity contribution in [3.8, 4) is 0 Å². The van der Waals surface area contributed by atoms with Crippen LogP contribution in [0.3, 0.4) is 0 Å². The highest BCUT2D eigenvalue weighted by atomic mass is 32.2. The third-order valence-electron chi connectivity index (χ3n) is 5.41. The summed E-state index contributed by atoms with van der Waals surface area (Å²) in [6.07, 6.45) is 0.539. The quantitative estimate of drug-likeness (QED) is 0.885. The van der Waals surface area contributed by atoms with Crippen molar-refractivity contribution in [2.45, 2.75) is 51.1 Å². The summed E-state index contributed by atoms with van der Waals surface area (Å²) in [6.45, 7) is 7.33. The minimum atomic E-state index is -0.435. The fourth-order valence-corrected chi connectivity index (χ4v) is 5.15. The first-order valence-electron chi connectivity index (χ1n) is 9.00. The fourth-order valence-electron chi connectivity index (χ4n) is 4.00. The van der Waals surface area contributed by atoms with Crippen LogP contribution in [0, 0.1) is 13.8 Å². The molecule has 132 valence electrons. The number of fused-ring (bicyclic) bond motifs is 2. The van der Waals surface area contributed by atoms with E-state index in [0.29, 0.717) is 0 Å². The van der Waals surface area contributed by atoms with Crippen LogP contribution in [-0.4, -0.2) is 31.8 Å². The molecule has 0 fully saturated rings. The summed E-state index contributed by atoms with van der Waals surface area (Å²) in [4.78, 5) is 4.83. The largest absolute Gasteiger partial charge is 0.389 e. The number of hydrogen-bond donors (Lipinski definition) is 2. The Hall–Kier alpha value is -1.72. The van der Waals surface area contributed by atoms with Gasteiger partial charge in [-0.25, -0.2) is 4.98 Å². The maximum atomic E-state index is 11.1. The van der Waals surface area contributed by atoms with Gasteiger partial charge < -0.3 is 15.0 Å². The smallest absolute Gasteiger partial charge is 0.156 e. The molecule has 3 heterocycles. The second-order valence-corrected chi connectivity index (χ2v) is 8.23. The molecule has 2 aliphatic heterocycles. The number of thioether (sulfide) groups is 1. The molecule has 5 heteroatoms. The van der Waals surface area contributed by atoms with E-state index in [1.807, 2.05) is 30.0 Å². The van der Waals surface area contributed by atoms with Crippen molar-refractivity contribution in [3.63, 3.8) is 0 Å². The van der Waals surface area contributed by atoms with Gasteiger partial charge >= 0.3 is 0 Å². The van der Waals surface area contributed by atoms with E-state index in [1.165, 1.54) is 11.3 Å². The van der Waals surface area contributed by atoms with E-state index in [2.05, 4.69) is 42.8 Å². The summed E-state index contributed by atoms with van der Waals surface area (Å²) < 4.78 is 2.31. The zero-order chi connectivity index (χ0) is 17.6. The Morgan fingerprint density at radius 2 is 2.04 bits per heavy atom. The first kappa shape index (κ1) is 16.7. The Morgan fingerprint density at radius 1 is 1.28 bits per heavy atom. The molecule has 1 aromatic carbocycles. The number of aliphatic hydroxyl groups excluding tert-OH is 1. The van der Waals surface area contributed by atoms with Crippen LogP contribution < -0.4 is 5.32 Å². The van der Waals surface area contributed by atoms with E-state index >= 15 is 0 Å². The number of hydrogen-bond acceptors (Lipinski definition) is 4. The maximum absolute atomic E-state index is 11.1. The SMILES string of the molecule is CCS[C@@H]1C2=C(N[C@H](c3ccccc3)[C@H]1O)c1nc(C)c(C)n1CC2. The lowest BCUT2D eigenvalue weighted by atomic mass is 9.87. The molecule has 2 aromatic rings. The number of nitrogens with zero attached hydrogens (tertiary/aromatic N) is 2. The standard InChI is InChI=1S/C20H25N3OS/c1-4-25-19-15-10-11-23-13(3)12(2)21-20(23)17(15)22-16(18(19)24)14-8-6-5-7-9-14/h5-9,16,18-19,22,24H,4,10-11H2,1-3H3/t16-,18-,19-/m1/s1. The van der Waals surface area contributed by atoms with Gasteiger partial charge in [-0.3, -0.25) is 0 Å². The predicted molar refractivity (Wildman–Crippen MR) is 103 cm³/mol. The van der Waals surface area contributed by atoms with Crippen molar-refractivity contribution >= 4 is 17.5 Å². The van der Waals surface area contributed by atoms with E-state index < -0.39 is 6.10 Å². The fraction of sp³-hybridized carbons (Fsp3) is 0.450. The van der Waals surface area contributed by atoms with Gasteiger partial charge in [-0.15, -0.1) is 0 Å². The molecular formula is C20H25N3OS. The molecule has 0 bridgehead atoms. The molecule has 0 saturated heterocycles. The van der Waals surface area contributed by atoms with Crippen LogP contribution in [0.2, 0.25) is 0 Å². The first-order chi connectivity index (χ1) is 12.1. The number of imidazole rings is 1.